The van der Waals surface area contributed by atoms with E-state index in [1.54, 1.807) is 12.1 Å². The van der Waals surface area contributed by atoms with Gasteiger partial charge in [0.1, 0.15) is 17.7 Å². The number of fused-ring (bicyclic) bond motifs is 3. The van der Waals surface area contributed by atoms with Crippen LogP contribution in [0.25, 0.3) is 21.5 Å². The van der Waals surface area contributed by atoms with Gasteiger partial charge in [-0.15, -0.1) is 0 Å². The van der Waals surface area contributed by atoms with E-state index in [1.807, 2.05) is 48.5 Å². The largest absolute Gasteiger partial charge is 0.384 e. The second-order valence-corrected chi connectivity index (χ2v) is 15.8. The first-order valence-electron chi connectivity index (χ1n) is 18.7. The Balaban J connectivity index is 0.000000170. The zero-order valence-corrected chi connectivity index (χ0v) is 30.7. The molecule has 2 fully saturated rings. The highest BCUT2D eigenvalue weighted by atomic mass is 79.9. The second-order valence-electron chi connectivity index (χ2n) is 15.0. The molecule has 2 saturated carbocycles. The summed E-state index contributed by atoms with van der Waals surface area (Å²) in [6.07, 6.45) is 14.1. The number of benzene rings is 4. The Kier molecular flexibility index (Phi) is 11.7. The molecule has 2 nitrogen and oxygen atoms in total. The van der Waals surface area contributed by atoms with Crippen molar-refractivity contribution in [2.45, 2.75) is 103 Å². The van der Waals surface area contributed by atoms with Gasteiger partial charge in [-0.05, 0) is 96.6 Å². The first kappa shape index (κ1) is 35.9. The van der Waals surface area contributed by atoms with Crippen LogP contribution in [0, 0.1) is 41.2 Å². The molecule has 0 amide bonds. The van der Waals surface area contributed by atoms with Crippen molar-refractivity contribution in [3.8, 4) is 0 Å². The predicted molar refractivity (Wildman–Crippen MR) is 202 cm³/mol. The topological polar surface area (TPSA) is 37.3 Å². The molecular formula is C44H51BrF2O2. The molecule has 4 aromatic rings. The fourth-order valence-electron chi connectivity index (χ4n) is 9.15. The van der Waals surface area contributed by atoms with Gasteiger partial charge < -0.3 is 5.11 Å². The smallest absolute Gasteiger partial charge is 0.169 e. The van der Waals surface area contributed by atoms with Gasteiger partial charge >= 0.3 is 0 Å². The van der Waals surface area contributed by atoms with Crippen LogP contribution in [0.5, 0.6) is 0 Å². The Bertz CT molecular complexity index is 1800. The lowest BCUT2D eigenvalue weighted by Gasteiger charge is -2.32. The van der Waals surface area contributed by atoms with E-state index < -0.39 is 6.10 Å². The summed E-state index contributed by atoms with van der Waals surface area (Å²) in [5.74, 6) is 1.79. The van der Waals surface area contributed by atoms with E-state index >= 15 is 4.39 Å². The van der Waals surface area contributed by atoms with Gasteiger partial charge in [-0.2, -0.15) is 0 Å². The van der Waals surface area contributed by atoms with Gasteiger partial charge in [-0.25, -0.2) is 8.78 Å². The molecule has 0 aromatic heterocycles. The van der Waals surface area contributed by atoms with Gasteiger partial charge in [-0.1, -0.05) is 129 Å². The van der Waals surface area contributed by atoms with Crippen molar-refractivity contribution in [3.05, 3.63) is 106 Å². The van der Waals surface area contributed by atoms with Crippen LogP contribution in [0.2, 0.25) is 0 Å². The highest BCUT2D eigenvalue weighted by molar-refractivity contribution is 9.10. The molecule has 0 radical (unpaired) electrons. The van der Waals surface area contributed by atoms with Crippen molar-refractivity contribution in [3.63, 3.8) is 0 Å². The number of Topliss-reactive ketones (excluding diaryl/α,β-unsaturated/α-hetero) is 1. The molecule has 3 aliphatic carbocycles. The number of halogens is 3. The molecule has 2 unspecified atom stereocenters. The molecular weight excluding hydrogens is 678 g/mol. The molecule has 0 heterocycles. The normalized spacial score (nSPS) is 24.4. The van der Waals surface area contributed by atoms with Gasteiger partial charge in [0.05, 0.1) is 5.56 Å². The number of hydrogen-bond donors (Lipinski definition) is 1. The number of aliphatic hydroxyl groups excluding tert-OH is 1. The van der Waals surface area contributed by atoms with Crippen LogP contribution in [0.15, 0.2) is 77.3 Å². The molecule has 3 aliphatic rings. The first-order chi connectivity index (χ1) is 23.7. The van der Waals surface area contributed by atoms with Gasteiger partial charge in [0.2, 0.25) is 0 Å². The summed E-state index contributed by atoms with van der Waals surface area (Å²) < 4.78 is 30.6. The third-order valence-electron chi connectivity index (χ3n) is 11.9. The van der Waals surface area contributed by atoms with E-state index in [9.17, 15) is 14.3 Å². The third-order valence-corrected chi connectivity index (χ3v) is 12.6. The monoisotopic (exact) mass is 728 g/mol. The standard InChI is InChI=1S/C22H26BrFO.C22H25FO/c1-3-6-15-9-11-16(12-10-15)14(2)22(25)20-19(23)13-17-7-4-5-8-18(17)21(20)24;1-2-5-14-8-10-15(11-9-14)19-13-17-12-16-6-3-4-7-18(16)21(23)20(17)22(19)24/h4-5,7-8,13,15-16,22,25H,2-3,6,9-12H2,1H3;3-4,6-7,12,14-15,19H,2,5,8-11,13H2,1H3. The summed E-state index contributed by atoms with van der Waals surface area (Å²) in [6.45, 7) is 8.63. The zero-order valence-electron chi connectivity index (χ0n) is 29.1. The minimum atomic E-state index is -0.966. The Hall–Kier alpha value is -2.89. The molecule has 49 heavy (non-hydrogen) atoms. The number of aliphatic hydroxyl groups is 1. The Morgan fingerprint density at radius 1 is 0.816 bits per heavy atom. The summed E-state index contributed by atoms with van der Waals surface area (Å²) in [4.78, 5) is 12.9. The highest BCUT2D eigenvalue weighted by Crippen LogP contribution is 2.44. The summed E-state index contributed by atoms with van der Waals surface area (Å²) in [5.41, 5.74) is 2.38. The van der Waals surface area contributed by atoms with E-state index in [0.29, 0.717) is 32.3 Å². The zero-order chi connectivity index (χ0) is 34.7. The van der Waals surface area contributed by atoms with Crippen LogP contribution >= 0.6 is 15.9 Å². The molecule has 1 N–H and O–H groups in total. The summed E-state index contributed by atoms with van der Waals surface area (Å²) in [7, 11) is 0. The Morgan fingerprint density at radius 3 is 1.94 bits per heavy atom. The molecule has 0 spiro atoms. The van der Waals surface area contributed by atoms with Gasteiger partial charge in [-0.3, -0.25) is 4.79 Å². The van der Waals surface area contributed by atoms with Crippen molar-refractivity contribution >= 4 is 43.3 Å². The molecule has 4 aromatic carbocycles. The van der Waals surface area contributed by atoms with E-state index in [-0.39, 0.29) is 29.3 Å². The van der Waals surface area contributed by atoms with Crippen LogP contribution in [0.3, 0.4) is 0 Å². The number of carbonyl (C=O) groups excluding carboxylic acids is 1. The summed E-state index contributed by atoms with van der Waals surface area (Å²) >= 11 is 3.45. The van der Waals surface area contributed by atoms with E-state index in [1.165, 1.54) is 51.4 Å². The number of rotatable bonds is 8. The fraction of sp³-hybridized carbons (Fsp3) is 0.477. The fourth-order valence-corrected chi connectivity index (χ4v) is 9.78. The van der Waals surface area contributed by atoms with Crippen molar-refractivity contribution in [1.82, 2.24) is 0 Å². The molecule has 260 valence electrons. The molecule has 0 aliphatic heterocycles. The van der Waals surface area contributed by atoms with Crippen LogP contribution < -0.4 is 0 Å². The van der Waals surface area contributed by atoms with Crippen molar-refractivity contribution in [2.24, 2.45) is 29.6 Å². The lowest BCUT2D eigenvalue weighted by atomic mass is 9.73. The Morgan fingerprint density at radius 2 is 1.35 bits per heavy atom. The molecule has 0 saturated heterocycles. The van der Waals surface area contributed by atoms with Gasteiger partial charge in [0.25, 0.3) is 0 Å². The van der Waals surface area contributed by atoms with Gasteiger partial charge in [0, 0.05) is 26.7 Å². The van der Waals surface area contributed by atoms with E-state index in [4.69, 9.17) is 0 Å². The van der Waals surface area contributed by atoms with Crippen molar-refractivity contribution in [1.29, 1.82) is 0 Å². The average molecular weight is 730 g/mol. The minimum absolute atomic E-state index is 0.00823. The lowest BCUT2D eigenvalue weighted by Crippen LogP contribution is -2.26. The van der Waals surface area contributed by atoms with E-state index in [2.05, 4.69) is 36.4 Å². The quantitative estimate of drug-likeness (QED) is 0.183. The van der Waals surface area contributed by atoms with E-state index in [0.717, 1.165) is 65.8 Å². The molecule has 0 bridgehead atoms. The molecule has 7 rings (SSSR count). The van der Waals surface area contributed by atoms with Crippen molar-refractivity contribution < 1.29 is 18.7 Å². The SMILES string of the molecule is C=C(C1CCC(CCC)CC1)C(O)c1c(Br)cc2ccccc2c1F.CCCC1CCC(C2Cc3cc4ccccc4c(F)c3C2=O)CC1. The second kappa shape index (κ2) is 16.0. The summed E-state index contributed by atoms with van der Waals surface area (Å²) in [6, 6.07) is 18.7. The highest BCUT2D eigenvalue weighted by Gasteiger charge is 2.40. The maximum Gasteiger partial charge on any atom is 0.169 e. The number of ketones is 1. The lowest BCUT2D eigenvalue weighted by molar-refractivity contribution is 0.0848. The average Bonchev–Trinajstić information content (AvgIpc) is 3.45. The van der Waals surface area contributed by atoms with Crippen LogP contribution in [0.1, 0.15) is 118 Å². The summed E-state index contributed by atoms with van der Waals surface area (Å²) in [5, 5.41) is 13.7. The van der Waals surface area contributed by atoms with Crippen LogP contribution in [-0.2, 0) is 6.42 Å². The third kappa shape index (κ3) is 7.59. The number of hydrogen-bond acceptors (Lipinski definition) is 2. The molecule has 5 heteroatoms. The maximum atomic E-state index is 15.0. The predicted octanol–water partition coefficient (Wildman–Crippen LogP) is 12.9. The molecule has 2 atom stereocenters. The number of carbonyl (C=O) groups is 1. The Labute approximate surface area is 299 Å². The minimum Gasteiger partial charge on any atom is -0.384 e. The van der Waals surface area contributed by atoms with Gasteiger partial charge in [0.15, 0.2) is 5.78 Å². The van der Waals surface area contributed by atoms with Crippen molar-refractivity contribution in [2.75, 3.05) is 0 Å². The van der Waals surface area contributed by atoms with Crippen LogP contribution in [-0.4, -0.2) is 10.9 Å². The first-order valence-corrected chi connectivity index (χ1v) is 19.5. The van der Waals surface area contributed by atoms with Crippen LogP contribution in [0.4, 0.5) is 8.78 Å². The maximum absolute atomic E-state index is 15.0.